The Labute approximate surface area is 175 Å². The molecule has 5 atom stereocenters. The van der Waals surface area contributed by atoms with Crippen LogP contribution in [-0.2, 0) is 38.1 Å². The number of ether oxygens (including phenoxy) is 5. The van der Waals surface area contributed by atoms with Crippen LogP contribution < -0.4 is 0 Å². The number of hydrogen-bond donors (Lipinski definition) is 1. The summed E-state index contributed by atoms with van der Waals surface area (Å²) in [5.74, 6) is -2.70. The summed E-state index contributed by atoms with van der Waals surface area (Å²) in [6.07, 6.45) is -6.66. The van der Waals surface area contributed by atoms with Gasteiger partial charge >= 0.3 is 17.9 Å². The summed E-state index contributed by atoms with van der Waals surface area (Å²) in [6, 6.07) is 0. The van der Waals surface area contributed by atoms with Crippen molar-refractivity contribution in [2.75, 3.05) is 13.7 Å². The quantitative estimate of drug-likeness (QED) is 0.207. The molecule has 28 heavy (non-hydrogen) atoms. The largest absolute Gasteiger partial charge is 0.481 e. The Kier molecular flexibility index (Phi) is 9.22. The van der Waals surface area contributed by atoms with Crippen molar-refractivity contribution < 1.29 is 43.2 Å². The van der Waals surface area contributed by atoms with Gasteiger partial charge in [0.2, 0.25) is 5.90 Å². The normalized spacial score (nSPS) is 28.3. The lowest BCUT2D eigenvalue weighted by Gasteiger charge is -2.43. The SMILES string of the molecule is COC(=N[C@H]1O[C@H](CO)[C@@H](OC(C)=O)[C@H](OC(C)=O)[C@H]1OC(C)=O)C(Cl)(Cl)Cl. The number of carbonyl (C=O) groups excluding carboxylic acids is 3. The fourth-order valence-corrected chi connectivity index (χ4v) is 2.86. The molecule has 160 valence electrons. The number of aliphatic hydroxyl groups excluding tert-OH is 1. The second-order valence-corrected chi connectivity index (χ2v) is 7.89. The Morgan fingerprint density at radius 2 is 1.43 bits per heavy atom. The second kappa shape index (κ2) is 10.4. The van der Waals surface area contributed by atoms with Crippen LogP contribution in [0.2, 0.25) is 0 Å². The lowest BCUT2D eigenvalue weighted by Crippen LogP contribution is -2.62. The van der Waals surface area contributed by atoms with Crippen molar-refractivity contribution in [3.8, 4) is 0 Å². The summed E-state index contributed by atoms with van der Waals surface area (Å²) >= 11 is 17.3. The first-order chi connectivity index (χ1) is 12.9. The van der Waals surface area contributed by atoms with E-state index in [9.17, 15) is 19.5 Å². The number of nitrogens with zero attached hydrogens (tertiary/aromatic N) is 1. The van der Waals surface area contributed by atoms with Crippen molar-refractivity contribution in [2.45, 2.75) is 55.2 Å². The zero-order valence-corrected chi connectivity index (χ0v) is 17.7. The number of aliphatic hydroxyl groups is 1. The molecule has 0 aliphatic carbocycles. The summed E-state index contributed by atoms with van der Waals surface area (Å²) in [4.78, 5) is 38.6. The number of carbonyl (C=O) groups is 3. The smallest absolute Gasteiger partial charge is 0.303 e. The minimum absolute atomic E-state index is 0.413. The highest BCUT2D eigenvalue weighted by atomic mass is 35.6. The summed E-state index contributed by atoms with van der Waals surface area (Å²) < 4.78 is 23.9. The van der Waals surface area contributed by atoms with E-state index in [1.807, 2.05) is 0 Å². The molecular formula is C15H20Cl3NO9. The highest BCUT2D eigenvalue weighted by Gasteiger charge is 2.52. The molecule has 1 saturated heterocycles. The van der Waals surface area contributed by atoms with Crippen LogP contribution in [0, 0.1) is 0 Å². The molecule has 0 aromatic carbocycles. The molecule has 1 N–H and O–H groups in total. The Hall–Kier alpha value is -1.33. The van der Waals surface area contributed by atoms with Crippen LogP contribution in [0.25, 0.3) is 0 Å². The van der Waals surface area contributed by atoms with Gasteiger partial charge in [-0.2, -0.15) is 0 Å². The average Bonchev–Trinajstić information content (AvgIpc) is 2.54. The first-order valence-corrected chi connectivity index (χ1v) is 9.01. The van der Waals surface area contributed by atoms with Gasteiger partial charge in [0, 0.05) is 20.8 Å². The van der Waals surface area contributed by atoms with E-state index in [0.717, 1.165) is 20.8 Å². The highest BCUT2D eigenvalue weighted by Crippen LogP contribution is 2.33. The third-order valence-electron chi connectivity index (χ3n) is 3.38. The van der Waals surface area contributed by atoms with Gasteiger partial charge in [-0.15, -0.1) is 0 Å². The molecule has 0 radical (unpaired) electrons. The number of aliphatic imine (C=N–C) groups is 1. The molecule has 1 heterocycles. The minimum Gasteiger partial charge on any atom is -0.481 e. The van der Waals surface area contributed by atoms with Crippen LogP contribution >= 0.6 is 34.8 Å². The zero-order chi connectivity index (χ0) is 21.6. The number of alkyl halides is 3. The standard InChI is InChI=1S/C15H20Cl3NO9/c1-6(21)25-10-9(5-20)28-13(19-14(24-4)15(16,17)18)12(27-8(3)23)11(10)26-7(2)22/h9-13,20H,5H2,1-4H3/t9-,10-,11+,12-,13+/m1/s1. The van der Waals surface area contributed by atoms with Crippen molar-refractivity contribution in [1.29, 1.82) is 0 Å². The van der Waals surface area contributed by atoms with Crippen molar-refractivity contribution in [3.05, 3.63) is 0 Å². The number of methoxy groups -OCH3 is 1. The van der Waals surface area contributed by atoms with Crippen LogP contribution in [0.5, 0.6) is 0 Å². The lowest BCUT2D eigenvalue weighted by molar-refractivity contribution is -0.249. The Bertz CT molecular complexity index is 622. The predicted octanol–water partition coefficient (Wildman–Crippen LogP) is 0.914. The maximum absolute atomic E-state index is 11.6. The molecule has 0 amide bonds. The Morgan fingerprint density at radius 3 is 1.82 bits per heavy atom. The number of hydrogen-bond acceptors (Lipinski definition) is 10. The summed E-state index contributed by atoms with van der Waals surface area (Å²) in [7, 11) is 1.18. The van der Waals surface area contributed by atoms with Crippen LogP contribution in [0.1, 0.15) is 20.8 Å². The third kappa shape index (κ3) is 6.93. The molecule has 1 aliphatic heterocycles. The van der Waals surface area contributed by atoms with Gasteiger partial charge in [-0.25, -0.2) is 4.99 Å². The zero-order valence-electron chi connectivity index (χ0n) is 15.4. The van der Waals surface area contributed by atoms with E-state index in [2.05, 4.69) is 4.99 Å². The molecule has 0 saturated carbocycles. The Balaban J connectivity index is 3.45. The summed E-state index contributed by atoms with van der Waals surface area (Å²) in [6.45, 7) is 2.65. The van der Waals surface area contributed by atoms with Gasteiger partial charge in [0.25, 0.3) is 3.79 Å². The molecule has 13 heteroatoms. The number of rotatable bonds is 5. The molecule has 0 aromatic rings. The van der Waals surface area contributed by atoms with Crippen molar-refractivity contribution >= 4 is 58.6 Å². The summed E-state index contributed by atoms with van der Waals surface area (Å²) in [5, 5.41) is 9.64. The predicted molar refractivity (Wildman–Crippen MR) is 97.1 cm³/mol. The van der Waals surface area contributed by atoms with Crippen LogP contribution in [0.15, 0.2) is 4.99 Å². The maximum atomic E-state index is 11.6. The van der Waals surface area contributed by atoms with E-state index in [1.165, 1.54) is 7.11 Å². The second-order valence-electron chi connectivity index (χ2n) is 5.61. The fourth-order valence-electron chi connectivity index (χ4n) is 2.48. The molecule has 1 aliphatic rings. The van der Waals surface area contributed by atoms with Crippen molar-refractivity contribution in [2.24, 2.45) is 4.99 Å². The molecular weight excluding hydrogens is 445 g/mol. The molecule has 0 unspecified atom stereocenters. The molecule has 10 nitrogen and oxygen atoms in total. The highest BCUT2D eigenvalue weighted by molar-refractivity contribution is 6.76. The molecule has 1 fully saturated rings. The van der Waals surface area contributed by atoms with Gasteiger partial charge in [-0.1, -0.05) is 34.8 Å². The first kappa shape index (κ1) is 24.7. The topological polar surface area (TPSA) is 130 Å². The van der Waals surface area contributed by atoms with E-state index in [-0.39, 0.29) is 0 Å². The van der Waals surface area contributed by atoms with Gasteiger partial charge in [-0.3, -0.25) is 14.4 Å². The molecule has 1 rings (SSSR count). The van der Waals surface area contributed by atoms with Crippen LogP contribution in [0.4, 0.5) is 0 Å². The first-order valence-electron chi connectivity index (χ1n) is 7.87. The molecule has 0 aromatic heterocycles. The minimum atomic E-state index is -2.09. The van der Waals surface area contributed by atoms with E-state index in [1.54, 1.807) is 0 Å². The van der Waals surface area contributed by atoms with E-state index >= 15 is 0 Å². The number of esters is 3. The van der Waals surface area contributed by atoms with E-state index in [4.69, 9.17) is 58.5 Å². The fraction of sp³-hybridized carbons (Fsp3) is 0.733. The average molecular weight is 465 g/mol. The Morgan fingerprint density at radius 1 is 0.964 bits per heavy atom. The maximum Gasteiger partial charge on any atom is 0.303 e. The van der Waals surface area contributed by atoms with Gasteiger partial charge < -0.3 is 28.8 Å². The number of halogens is 3. The van der Waals surface area contributed by atoms with Gasteiger partial charge in [0.1, 0.15) is 6.10 Å². The lowest BCUT2D eigenvalue weighted by atomic mass is 9.97. The van der Waals surface area contributed by atoms with Crippen molar-refractivity contribution in [3.63, 3.8) is 0 Å². The van der Waals surface area contributed by atoms with Gasteiger partial charge in [-0.05, 0) is 0 Å². The van der Waals surface area contributed by atoms with Gasteiger partial charge in [0.15, 0.2) is 24.5 Å². The van der Waals surface area contributed by atoms with Gasteiger partial charge in [0.05, 0.1) is 13.7 Å². The summed E-state index contributed by atoms with van der Waals surface area (Å²) in [5.41, 5.74) is 0. The molecule has 0 spiro atoms. The van der Waals surface area contributed by atoms with Crippen LogP contribution in [0.3, 0.4) is 0 Å². The molecule has 0 bridgehead atoms. The third-order valence-corrected chi connectivity index (χ3v) is 3.86. The monoisotopic (exact) mass is 463 g/mol. The van der Waals surface area contributed by atoms with Crippen LogP contribution in [-0.4, -0.2) is 77.1 Å². The van der Waals surface area contributed by atoms with E-state index in [0.29, 0.717) is 0 Å². The van der Waals surface area contributed by atoms with Crippen molar-refractivity contribution in [1.82, 2.24) is 0 Å². The van der Waals surface area contributed by atoms with E-state index < -0.39 is 64.8 Å².